The second-order valence-electron chi connectivity index (χ2n) is 5.44. The Labute approximate surface area is 154 Å². The van der Waals surface area contributed by atoms with Gasteiger partial charge in [-0.2, -0.15) is 5.10 Å². The van der Waals surface area contributed by atoms with Gasteiger partial charge in [-0.15, -0.1) is 6.58 Å². The van der Waals surface area contributed by atoms with Crippen molar-refractivity contribution < 1.29 is 9.18 Å². The van der Waals surface area contributed by atoms with E-state index in [0.29, 0.717) is 22.8 Å². The minimum atomic E-state index is -0.353. The molecule has 1 amide bonds. The molecule has 0 aliphatic heterocycles. The molecule has 1 aromatic heterocycles. The first-order valence-electron chi connectivity index (χ1n) is 7.35. The first-order chi connectivity index (χ1) is 11.3. The van der Waals surface area contributed by atoms with Crippen molar-refractivity contribution in [2.75, 3.05) is 6.54 Å². The minimum Gasteiger partial charge on any atom is -0.333 e. The number of carbonyl (C=O) groups is 1. The van der Waals surface area contributed by atoms with Gasteiger partial charge in [0, 0.05) is 23.1 Å². The maximum atomic E-state index is 14.0. The lowest BCUT2D eigenvalue weighted by molar-refractivity contribution is -0.132. The van der Waals surface area contributed by atoms with Gasteiger partial charge in [-0.3, -0.25) is 9.48 Å². The highest BCUT2D eigenvalue weighted by atomic mass is 79.9. The Morgan fingerprint density at radius 1 is 1.50 bits per heavy atom. The van der Waals surface area contributed by atoms with Crippen LogP contribution in [0, 0.1) is 19.7 Å². The summed E-state index contributed by atoms with van der Waals surface area (Å²) < 4.78 is 16.3. The lowest BCUT2D eigenvalue weighted by Gasteiger charge is -2.22. The van der Waals surface area contributed by atoms with E-state index in [0.717, 1.165) is 10.2 Å². The lowest BCUT2D eigenvalue weighted by Crippen LogP contribution is -2.34. The lowest BCUT2D eigenvalue weighted by atomic mass is 10.2. The average molecular weight is 415 g/mol. The van der Waals surface area contributed by atoms with Crippen molar-refractivity contribution in [3.63, 3.8) is 0 Å². The van der Waals surface area contributed by atoms with Crippen LogP contribution in [0.5, 0.6) is 0 Å². The molecule has 0 N–H and O–H groups in total. The van der Waals surface area contributed by atoms with Gasteiger partial charge in [0.2, 0.25) is 5.91 Å². The van der Waals surface area contributed by atoms with Gasteiger partial charge in [-0.05, 0) is 32.0 Å². The van der Waals surface area contributed by atoms with E-state index in [9.17, 15) is 9.18 Å². The van der Waals surface area contributed by atoms with Gasteiger partial charge in [0.05, 0.1) is 16.4 Å². The number of hydrogen-bond donors (Lipinski definition) is 0. The quantitative estimate of drug-likeness (QED) is 0.662. The molecule has 0 bridgehead atoms. The summed E-state index contributed by atoms with van der Waals surface area (Å²) in [5.41, 5.74) is 1.84. The third-order valence-electron chi connectivity index (χ3n) is 3.65. The van der Waals surface area contributed by atoms with Crippen molar-refractivity contribution in [3.8, 4) is 0 Å². The van der Waals surface area contributed by atoms with Crippen molar-refractivity contribution in [3.05, 3.63) is 63.1 Å². The van der Waals surface area contributed by atoms with Gasteiger partial charge >= 0.3 is 0 Å². The molecule has 1 heterocycles. The largest absolute Gasteiger partial charge is 0.333 e. The van der Waals surface area contributed by atoms with Gasteiger partial charge in [-0.25, -0.2) is 4.39 Å². The van der Waals surface area contributed by atoms with Crippen LogP contribution in [-0.4, -0.2) is 27.1 Å². The Bertz CT molecular complexity index is 775. The molecule has 0 unspecified atom stereocenters. The molecular weight excluding hydrogens is 397 g/mol. The monoisotopic (exact) mass is 413 g/mol. The van der Waals surface area contributed by atoms with Crippen molar-refractivity contribution in [2.45, 2.75) is 26.9 Å². The molecule has 128 valence electrons. The smallest absolute Gasteiger partial charge is 0.244 e. The van der Waals surface area contributed by atoms with Crippen LogP contribution < -0.4 is 0 Å². The molecule has 0 aliphatic rings. The predicted octanol–water partition coefficient (Wildman–Crippen LogP) is 4.27. The summed E-state index contributed by atoms with van der Waals surface area (Å²) in [6.45, 7) is 7.78. The van der Waals surface area contributed by atoms with E-state index in [-0.39, 0.29) is 24.8 Å². The van der Waals surface area contributed by atoms with Gasteiger partial charge in [0.15, 0.2) is 0 Å². The fourth-order valence-corrected chi connectivity index (χ4v) is 2.88. The van der Waals surface area contributed by atoms with Crippen LogP contribution in [0.2, 0.25) is 5.02 Å². The molecule has 0 atom stereocenters. The number of hydrogen-bond acceptors (Lipinski definition) is 2. The zero-order valence-corrected chi connectivity index (χ0v) is 15.9. The van der Waals surface area contributed by atoms with Crippen LogP contribution in [0.15, 0.2) is 35.3 Å². The van der Waals surface area contributed by atoms with Gasteiger partial charge < -0.3 is 4.90 Å². The number of carbonyl (C=O) groups excluding carboxylic acids is 1. The van der Waals surface area contributed by atoms with Crippen LogP contribution >= 0.6 is 27.5 Å². The van der Waals surface area contributed by atoms with E-state index in [1.807, 2.05) is 0 Å². The number of amides is 1. The fraction of sp³-hybridized carbons (Fsp3) is 0.294. The Morgan fingerprint density at radius 2 is 2.21 bits per heavy atom. The summed E-state index contributed by atoms with van der Waals surface area (Å²) in [5.74, 6) is -0.536. The second-order valence-corrected chi connectivity index (χ2v) is 6.73. The topological polar surface area (TPSA) is 38.1 Å². The van der Waals surface area contributed by atoms with Gasteiger partial charge in [0.1, 0.15) is 12.4 Å². The molecule has 2 rings (SSSR count). The molecule has 24 heavy (non-hydrogen) atoms. The van der Waals surface area contributed by atoms with E-state index in [1.165, 1.54) is 11.0 Å². The van der Waals surface area contributed by atoms with Crippen LogP contribution in [0.4, 0.5) is 4.39 Å². The highest BCUT2D eigenvalue weighted by molar-refractivity contribution is 9.10. The van der Waals surface area contributed by atoms with Crippen LogP contribution in [0.1, 0.15) is 17.0 Å². The molecule has 0 saturated carbocycles. The zero-order chi connectivity index (χ0) is 17.9. The van der Waals surface area contributed by atoms with Crippen molar-refractivity contribution in [2.24, 2.45) is 0 Å². The Morgan fingerprint density at radius 3 is 2.79 bits per heavy atom. The average Bonchev–Trinajstić information content (AvgIpc) is 2.77. The second kappa shape index (κ2) is 7.94. The summed E-state index contributed by atoms with van der Waals surface area (Å²) >= 11 is 9.43. The van der Waals surface area contributed by atoms with E-state index < -0.39 is 0 Å². The maximum absolute atomic E-state index is 14.0. The molecule has 4 nitrogen and oxygen atoms in total. The molecule has 2 aromatic rings. The molecule has 0 fully saturated rings. The third kappa shape index (κ3) is 4.24. The highest BCUT2D eigenvalue weighted by Crippen LogP contribution is 2.20. The number of benzene rings is 1. The molecule has 0 aliphatic carbocycles. The maximum Gasteiger partial charge on any atom is 0.244 e. The number of rotatable bonds is 6. The first kappa shape index (κ1) is 18.7. The van der Waals surface area contributed by atoms with Gasteiger partial charge in [0.25, 0.3) is 0 Å². The van der Waals surface area contributed by atoms with Crippen molar-refractivity contribution >= 4 is 33.4 Å². The fourth-order valence-electron chi connectivity index (χ4n) is 2.34. The highest BCUT2D eigenvalue weighted by Gasteiger charge is 2.18. The number of nitrogens with zero attached hydrogens (tertiary/aromatic N) is 3. The number of halogens is 3. The molecule has 0 radical (unpaired) electrons. The summed E-state index contributed by atoms with van der Waals surface area (Å²) in [4.78, 5) is 14.1. The molecular formula is C17H18BrClFN3O. The summed E-state index contributed by atoms with van der Waals surface area (Å²) in [5, 5.41) is 4.81. The van der Waals surface area contributed by atoms with Gasteiger partial charge in [-0.1, -0.05) is 33.6 Å². The van der Waals surface area contributed by atoms with Crippen molar-refractivity contribution in [1.29, 1.82) is 0 Å². The van der Waals surface area contributed by atoms with Crippen molar-refractivity contribution in [1.82, 2.24) is 14.7 Å². The third-order valence-corrected chi connectivity index (χ3v) is 4.69. The molecule has 1 aromatic carbocycles. The van der Waals surface area contributed by atoms with E-state index >= 15 is 0 Å². The standard InChI is InChI=1S/C17H18BrClFN3O/c1-4-7-22(9-13-8-14(18)5-6-15(13)20)16(24)10-23-12(3)17(19)11(2)21-23/h4-6,8H,1,7,9-10H2,2-3H3. The predicted molar refractivity (Wildman–Crippen MR) is 96.4 cm³/mol. The SMILES string of the molecule is C=CCN(Cc1cc(Br)ccc1F)C(=O)Cn1nc(C)c(Cl)c1C. The Balaban J connectivity index is 2.20. The molecule has 7 heteroatoms. The van der Waals surface area contributed by atoms with Crippen LogP contribution in [-0.2, 0) is 17.9 Å². The Hall–Kier alpha value is -1.66. The number of aryl methyl sites for hydroxylation is 1. The summed E-state index contributed by atoms with van der Waals surface area (Å²) in [6, 6.07) is 4.66. The number of aromatic nitrogens is 2. The summed E-state index contributed by atoms with van der Waals surface area (Å²) in [6.07, 6.45) is 1.61. The van der Waals surface area contributed by atoms with Crippen LogP contribution in [0.25, 0.3) is 0 Å². The van der Waals surface area contributed by atoms with E-state index in [1.54, 1.807) is 36.7 Å². The summed E-state index contributed by atoms with van der Waals surface area (Å²) in [7, 11) is 0. The van der Waals surface area contributed by atoms with E-state index in [4.69, 9.17) is 11.6 Å². The minimum absolute atomic E-state index is 0.0445. The first-order valence-corrected chi connectivity index (χ1v) is 8.52. The zero-order valence-electron chi connectivity index (χ0n) is 13.5. The molecule has 0 spiro atoms. The Kier molecular flexibility index (Phi) is 6.18. The van der Waals surface area contributed by atoms with E-state index in [2.05, 4.69) is 27.6 Å². The molecule has 0 saturated heterocycles. The van der Waals surface area contributed by atoms with Crippen LogP contribution in [0.3, 0.4) is 0 Å². The normalized spacial score (nSPS) is 10.7.